The number of thiophene rings is 1. The van der Waals surface area contributed by atoms with Gasteiger partial charge in [0.15, 0.2) is 0 Å². The molecule has 0 N–H and O–H groups in total. The van der Waals surface area contributed by atoms with Crippen LogP contribution in [0.5, 0.6) is 0 Å². The first-order valence-corrected chi connectivity index (χ1v) is 5.47. The monoisotopic (exact) mass is 211 g/mol. The van der Waals surface area contributed by atoms with E-state index < -0.39 is 0 Å². The molecule has 0 aliphatic heterocycles. The molecule has 0 amide bonds. The van der Waals surface area contributed by atoms with Gasteiger partial charge < -0.3 is 4.90 Å². The number of rotatable bonds is 2. The van der Waals surface area contributed by atoms with Crippen molar-refractivity contribution in [2.24, 2.45) is 0 Å². The van der Waals surface area contributed by atoms with Gasteiger partial charge in [-0.2, -0.15) is 0 Å². The van der Waals surface area contributed by atoms with Gasteiger partial charge in [0.2, 0.25) is 0 Å². The van der Waals surface area contributed by atoms with E-state index in [2.05, 4.69) is 29.6 Å². The fourth-order valence-corrected chi connectivity index (χ4v) is 2.45. The van der Waals surface area contributed by atoms with Gasteiger partial charge in [0.1, 0.15) is 0 Å². The minimum absolute atomic E-state index is 0.528. The molecule has 2 aromatic rings. The molecule has 0 atom stereocenters. The van der Waals surface area contributed by atoms with Crippen LogP contribution >= 0.6 is 22.9 Å². The summed E-state index contributed by atoms with van der Waals surface area (Å²) in [7, 11) is 2.00. The van der Waals surface area contributed by atoms with E-state index >= 15 is 0 Å². The molecule has 0 bridgehead atoms. The van der Waals surface area contributed by atoms with Crippen LogP contribution in [0.2, 0.25) is 0 Å². The molecule has 1 nitrogen and oxygen atoms in total. The molecule has 0 unspecified atom stereocenters. The highest BCUT2D eigenvalue weighted by Crippen LogP contribution is 2.32. The first-order chi connectivity index (χ1) is 6.33. The van der Waals surface area contributed by atoms with Crippen molar-refractivity contribution in [1.29, 1.82) is 0 Å². The SMILES string of the molecule is CN(CCl)c1csc2ccccc12. The van der Waals surface area contributed by atoms with Gasteiger partial charge in [-0.3, -0.25) is 0 Å². The third kappa shape index (κ3) is 1.52. The summed E-state index contributed by atoms with van der Waals surface area (Å²) < 4.78 is 1.31. The fraction of sp³-hybridized carbons (Fsp3) is 0.200. The maximum absolute atomic E-state index is 5.77. The summed E-state index contributed by atoms with van der Waals surface area (Å²) in [6.07, 6.45) is 0. The summed E-state index contributed by atoms with van der Waals surface area (Å²) in [5, 5.41) is 3.43. The topological polar surface area (TPSA) is 3.24 Å². The Hall–Kier alpha value is -0.730. The first kappa shape index (κ1) is 8.85. The number of hydrogen-bond acceptors (Lipinski definition) is 2. The third-order valence-corrected chi connectivity index (χ3v) is 3.36. The summed E-state index contributed by atoms with van der Waals surface area (Å²) in [5.41, 5.74) is 1.22. The molecule has 0 radical (unpaired) electrons. The zero-order chi connectivity index (χ0) is 9.26. The van der Waals surface area contributed by atoms with Gasteiger partial charge >= 0.3 is 0 Å². The Labute approximate surface area is 86.5 Å². The Kier molecular flexibility index (Phi) is 2.42. The first-order valence-electron chi connectivity index (χ1n) is 4.06. The smallest absolute Gasteiger partial charge is 0.0925 e. The van der Waals surface area contributed by atoms with Gasteiger partial charge in [-0.15, -0.1) is 22.9 Å². The molecule has 0 saturated carbocycles. The lowest BCUT2D eigenvalue weighted by Gasteiger charge is -2.13. The number of alkyl halides is 1. The number of hydrogen-bond donors (Lipinski definition) is 0. The lowest BCUT2D eigenvalue weighted by Crippen LogP contribution is -2.13. The molecule has 0 aliphatic rings. The predicted octanol–water partition coefficient (Wildman–Crippen LogP) is 3.53. The number of benzene rings is 1. The quantitative estimate of drug-likeness (QED) is 0.543. The van der Waals surface area contributed by atoms with Crippen LogP contribution in [0.15, 0.2) is 29.6 Å². The second kappa shape index (κ2) is 3.56. The Balaban J connectivity index is 2.57. The van der Waals surface area contributed by atoms with Gasteiger partial charge in [0.05, 0.1) is 11.7 Å². The molecule has 0 aliphatic carbocycles. The van der Waals surface area contributed by atoms with Gasteiger partial charge in [-0.25, -0.2) is 0 Å². The van der Waals surface area contributed by atoms with E-state index in [1.807, 2.05) is 11.9 Å². The molecule has 0 saturated heterocycles. The molecule has 3 heteroatoms. The molecular formula is C10H10ClNS. The number of halogens is 1. The standard InChI is InChI=1S/C10H10ClNS/c1-12(7-11)9-6-13-10-5-3-2-4-8(9)10/h2-6H,7H2,1H3. The van der Waals surface area contributed by atoms with Crippen LogP contribution in [0, 0.1) is 0 Å². The van der Waals surface area contributed by atoms with Crippen molar-refractivity contribution < 1.29 is 0 Å². The minimum Gasteiger partial charge on any atom is -0.360 e. The van der Waals surface area contributed by atoms with Crippen molar-refractivity contribution >= 4 is 38.7 Å². The number of anilines is 1. The molecule has 0 fully saturated rings. The van der Waals surface area contributed by atoms with E-state index in [-0.39, 0.29) is 0 Å². The van der Waals surface area contributed by atoms with Crippen molar-refractivity contribution in [1.82, 2.24) is 0 Å². The molecule has 2 rings (SSSR count). The summed E-state index contributed by atoms with van der Waals surface area (Å²) in [6, 6.07) is 8.90. The normalized spacial score (nSPS) is 10.6. The zero-order valence-corrected chi connectivity index (χ0v) is 8.90. The largest absolute Gasteiger partial charge is 0.360 e. The predicted molar refractivity (Wildman–Crippen MR) is 60.9 cm³/mol. The molecule has 1 heterocycles. The van der Waals surface area contributed by atoms with Crippen molar-refractivity contribution in [3.05, 3.63) is 29.6 Å². The Morgan fingerprint density at radius 2 is 2.15 bits per heavy atom. The average molecular weight is 212 g/mol. The van der Waals surface area contributed by atoms with Crippen LogP contribution in [0.4, 0.5) is 5.69 Å². The summed E-state index contributed by atoms with van der Waals surface area (Å²) >= 11 is 7.53. The Bertz CT molecular complexity index is 410. The number of nitrogens with zero attached hydrogens (tertiary/aromatic N) is 1. The van der Waals surface area contributed by atoms with Crippen LogP contribution in [0.3, 0.4) is 0 Å². The lowest BCUT2D eigenvalue weighted by molar-refractivity contribution is 1.10. The maximum atomic E-state index is 5.77. The Morgan fingerprint density at radius 1 is 1.38 bits per heavy atom. The van der Waals surface area contributed by atoms with Crippen LogP contribution in [-0.2, 0) is 0 Å². The van der Waals surface area contributed by atoms with E-state index in [4.69, 9.17) is 11.6 Å². The summed E-state index contributed by atoms with van der Waals surface area (Å²) in [6.45, 7) is 0. The fourth-order valence-electron chi connectivity index (χ4n) is 1.32. The average Bonchev–Trinajstić information content (AvgIpc) is 2.60. The van der Waals surface area contributed by atoms with Crippen molar-refractivity contribution in [3.63, 3.8) is 0 Å². The van der Waals surface area contributed by atoms with Crippen LogP contribution in [-0.4, -0.2) is 13.1 Å². The van der Waals surface area contributed by atoms with E-state index in [0.29, 0.717) is 6.00 Å². The zero-order valence-electron chi connectivity index (χ0n) is 7.33. The van der Waals surface area contributed by atoms with Crippen LogP contribution < -0.4 is 4.90 Å². The van der Waals surface area contributed by atoms with Gasteiger partial charge in [-0.05, 0) is 6.07 Å². The van der Waals surface area contributed by atoms with E-state index in [0.717, 1.165) is 0 Å². The highest BCUT2D eigenvalue weighted by molar-refractivity contribution is 7.17. The van der Waals surface area contributed by atoms with Gasteiger partial charge in [0.25, 0.3) is 0 Å². The molecular weight excluding hydrogens is 202 g/mol. The van der Waals surface area contributed by atoms with Crippen LogP contribution in [0.25, 0.3) is 10.1 Å². The third-order valence-electron chi connectivity index (χ3n) is 2.05. The molecule has 0 spiro atoms. The molecule has 1 aromatic heterocycles. The minimum atomic E-state index is 0.528. The van der Waals surface area contributed by atoms with Crippen molar-refractivity contribution in [3.8, 4) is 0 Å². The second-order valence-corrected chi connectivity index (χ2v) is 4.08. The van der Waals surface area contributed by atoms with Gasteiger partial charge in [-0.1, -0.05) is 18.2 Å². The second-order valence-electron chi connectivity index (χ2n) is 2.93. The highest BCUT2D eigenvalue weighted by Gasteiger charge is 2.05. The van der Waals surface area contributed by atoms with Gasteiger partial charge in [0, 0.05) is 22.5 Å². The maximum Gasteiger partial charge on any atom is 0.0925 e. The lowest BCUT2D eigenvalue weighted by atomic mass is 10.2. The number of fused-ring (bicyclic) bond motifs is 1. The Morgan fingerprint density at radius 3 is 2.92 bits per heavy atom. The molecule has 68 valence electrons. The summed E-state index contributed by atoms with van der Waals surface area (Å²) in [4.78, 5) is 2.04. The van der Waals surface area contributed by atoms with E-state index in [1.165, 1.54) is 15.8 Å². The highest BCUT2D eigenvalue weighted by atomic mass is 35.5. The van der Waals surface area contributed by atoms with Crippen molar-refractivity contribution in [2.75, 3.05) is 18.0 Å². The molecule has 1 aromatic carbocycles. The van der Waals surface area contributed by atoms with E-state index in [1.54, 1.807) is 11.3 Å². The molecule has 13 heavy (non-hydrogen) atoms. The van der Waals surface area contributed by atoms with Crippen LogP contribution in [0.1, 0.15) is 0 Å². The van der Waals surface area contributed by atoms with Crippen molar-refractivity contribution in [2.45, 2.75) is 0 Å². The van der Waals surface area contributed by atoms with E-state index in [9.17, 15) is 0 Å². The summed E-state index contributed by atoms with van der Waals surface area (Å²) in [5.74, 6) is 0.